The summed E-state index contributed by atoms with van der Waals surface area (Å²) in [6, 6.07) is 12.8. The highest BCUT2D eigenvalue weighted by Gasteiger charge is 2.35. The lowest BCUT2D eigenvalue weighted by molar-refractivity contribution is -0.122. The number of halogens is 3. The molecule has 0 spiro atoms. The van der Waals surface area contributed by atoms with Crippen molar-refractivity contribution in [1.29, 1.82) is 0 Å². The minimum absolute atomic E-state index is 0.0836. The molecule has 0 aromatic heterocycles. The molecule has 2 aromatic carbocycles. The van der Waals surface area contributed by atoms with E-state index in [0.29, 0.717) is 0 Å². The van der Waals surface area contributed by atoms with Crippen LogP contribution in [0.25, 0.3) is 6.08 Å². The number of benzene rings is 2. The molecule has 1 aliphatic rings. The van der Waals surface area contributed by atoms with Crippen LogP contribution in [0.15, 0.2) is 58.3 Å². The van der Waals surface area contributed by atoms with Gasteiger partial charge in [0.25, 0.3) is 17.1 Å². The molecule has 5 nitrogen and oxygen atoms in total. The first-order chi connectivity index (χ1) is 14.6. The number of hydrogen-bond acceptors (Lipinski definition) is 5. The Hall–Kier alpha value is -2.72. The minimum Gasteiger partial charge on any atom is -0.350 e. The second-order valence-electron chi connectivity index (χ2n) is 6.54. The van der Waals surface area contributed by atoms with Crippen molar-refractivity contribution >= 4 is 46.7 Å². The summed E-state index contributed by atoms with van der Waals surface area (Å²) in [4.78, 5) is 38.1. The summed E-state index contributed by atoms with van der Waals surface area (Å²) in [5.41, 5.74) is -2.81. The lowest BCUT2D eigenvalue weighted by Gasteiger charge is -2.14. The molecule has 0 aliphatic carbocycles. The number of imide groups is 1. The van der Waals surface area contributed by atoms with E-state index < -0.39 is 22.6 Å². The molecule has 0 atom stereocenters. The second kappa shape index (κ2) is 9.61. The molecular weight excluding hydrogens is 449 g/mol. The zero-order chi connectivity index (χ0) is 22.6. The smallest absolute Gasteiger partial charge is 0.350 e. The van der Waals surface area contributed by atoms with Crippen LogP contribution in [0.5, 0.6) is 0 Å². The number of alkyl halides is 3. The van der Waals surface area contributed by atoms with Gasteiger partial charge in [-0.2, -0.15) is 13.2 Å². The molecule has 0 radical (unpaired) electrons. The second-order valence-corrected chi connectivity index (χ2v) is 8.64. The summed E-state index contributed by atoms with van der Waals surface area (Å²) in [5, 5.41) is 2.00. The van der Waals surface area contributed by atoms with Crippen LogP contribution in [0.1, 0.15) is 21.5 Å². The third-order valence-electron chi connectivity index (χ3n) is 4.23. The van der Waals surface area contributed by atoms with E-state index in [1.54, 1.807) is 6.08 Å². The van der Waals surface area contributed by atoms with Gasteiger partial charge >= 0.3 is 5.51 Å². The van der Waals surface area contributed by atoms with Gasteiger partial charge < -0.3 is 5.32 Å². The molecule has 162 valence electrons. The van der Waals surface area contributed by atoms with Gasteiger partial charge in [0.1, 0.15) is 0 Å². The summed E-state index contributed by atoms with van der Waals surface area (Å²) in [6.07, 6.45) is 1.62. The number of carbonyl (C=O) groups excluding carboxylic acids is 3. The molecule has 3 amide bonds. The Morgan fingerprint density at radius 3 is 2.48 bits per heavy atom. The summed E-state index contributed by atoms with van der Waals surface area (Å²) in [7, 11) is 0. The van der Waals surface area contributed by atoms with Crippen LogP contribution >= 0.6 is 23.5 Å². The van der Waals surface area contributed by atoms with E-state index in [9.17, 15) is 27.6 Å². The van der Waals surface area contributed by atoms with E-state index >= 15 is 0 Å². The molecule has 1 fully saturated rings. The molecular formula is C21H17F3N2O3S2. The SMILES string of the molecule is Cc1ccc(/C=C2\SC(=O)N(CCNC(=O)c3ccccc3SC(F)(F)F)C2=O)cc1. The van der Waals surface area contributed by atoms with Gasteiger partial charge in [0.2, 0.25) is 0 Å². The van der Waals surface area contributed by atoms with E-state index in [0.717, 1.165) is 27.8 Å². The van der Waals surface area contributed by atoms with Gasteiger partial charge in [0.15, 0.2) is 0 Å². The molecule has 1 heterocycles. The highest BCUT2D eigenvalue weighted by atomic mass is 32.2. The number of thioether (sulfide) groups is 2. The van der Waals surface area contributed by atoms with Crippen molar-refractivity contribution in [3.05, 3.63) is 70.1 Å². The predicted octanol–water partition coefficient (Wildman–Crippen LogP) is 5.07. The third-order valence-corrected chi connectivity index (χ3v) is 5.94. The number of rotatable bonds is 6. The van der Waals surface area contributed by atoms with Gasteiger partial charge in [-0.1, -0.05) is 42.0 Å². The fraction of sp³-hybridized carbons (Fsp3) is 0.190. The van der Waals surface area contributed by atoms with Gasteiger partial charge in [-0.15, -0.1) is 0 Å². The Morgan fingerprint density at radius 1 is 1.13 bits per heavy atom. The lowest BCUT2D eigenvalue weighted by atomic mass is 10.1. The standard InChI is InChI=1S/C21H17F3N2O3S2/c1-13-6-8-14(9-7-13)12-17-19(28)26(20(29)30-17)11-10-25-18(27)15-4-2-3-5-16(15)31-21(22,23)24/h2-9,12H,10-11H2,1H3,(H,25,27)/b17-12-. The normalized spacial score (nSPS) is 15.6. The van der Waals surface area contributed by atoms with Crippen LogP contribution < -0.4 is 5.32 Å². The zero-order valence-electron chi connectivity index (χ0n) is 16.2. The highest BCUT2D eigenvalue weighted by molar-refractivity contribution is 8.18. The first-order valence-electron chi connectivity index (χ1n) is 9.09. The Morgan fingerprint density at radius 2 is 1.81 bits per heavy atom. The molecule has 0 saturated carbocycles. The zero-order valence-corrected chi connectivity index (χ0v) is 17.9. The van der Waals surface area contributed by atoms with Gasteiger partial charge in [-0.25, -0.2) is 0 Å². The molecule has 1 N–H and O–H groups in total. The van der Waals surface area contributed by atoms with Gasteiger partial charge in [-0.3, -0.25) is 19.3 Å². The van der Waals surface area contributed by atoms with Gasteiger partial charge in [-0.05, 0) is 54.2 Å². The van der Waals surface area contributed by atoms with Crippen molar-refractivity contribution in [3.8, 4) is 0 Å². The van der Waals surface area contributed by atoms with Crippen molar-refractivity contribution < 1.29 is 27.6 Å². The fourth-order valence-electron chi connectivity index (χ4n) is 2.75. The summed E-state index contributed by atoms with van der Waals surface area (Å²) in [5.74, 6) is -1.19. The number of carbonyl (C=O) groups is 3. The number of aryl methyl sites for hydroxylation is 1. The first kappa shape index (κ1) is 23.0. The number of nitrogens with zero attached hydrogens (tertiary/aromatic N) is 1. The molecule has 1 aliphatic heterocycles. The summed E-state index contributed by atoms with van der Waals surface area (Å²) < 4.78 is 38.0. The Labute approximate surface area is 185 Å². The first-order valence-corrected chi connectivity index (χ1v) is 10.7. The number of hydrogen-bond donors (Lipinski definition) is 1. The van der Waals surface area contributed by atoms with E-state index in [-0.39, 0.29) is 40.2 Å². The molecule has 2 aromatic rings. The average Bonchev–Trinajstić information content (AvgIpc) is 2.96. The molecule has 10 heteroatoms. The lowest BCUT2D eigenvalue weighted by Crippen LogP contribution is -2.37. The maximum atomic E-state index is 12.7. The Bertz CT molecular complexity index is 1040. The Kier molecular flexibility index (Phi) is 7.11. The third kappa shape index (κ3) is 6.14. The largest absolute Gasteiger partial charge is 0.446 e. The number of nitrogens with one attached hydrogen (secondary N) is 1. The van der Waals surface area contributed by atoms with Crippen LogP contribution in [-0.4, -0.2) is 40.6 Å². The maximum Gasteiger partial charge on any atom is 0.446 e. The topological polar surface area (TPSA) is 66.5 Å². The highest BCUT2D eigenvalue weighted by Crippen LogP contribution is 2.38. The number of amides is 3. The fourth-order valence-corrected chi connectivity index (χ4v) is 4.28. The monoisotopic (exact) mass is 466 g/mol. The van der Waals surface area contributed by atoms with Crippen LogP contribution in [0.3, 0.4) is 0 Å². The van der Waals surface area contributed by atoms with E-state index in [1.165, 1.54) is 24.3 Å². The van der Waals surface area contributed by atoms with Crippen molar-refractivity contribution in [1.82, 2.24) is 10.2 Å². The van der Waals surface area contributed by atoms with Crippen LogP contribution in [-0.2, 0) is 4.79 Å². The molecule has 1 saturated heterocycles. The van der Waals surface area contributed by atoms with Gasteiger partial charge in [0, 0.05) is 18.0 Å². The quantitative estimate of drug-likeness (QED) is 0.476. The van der Waals surface area contributed by atoms with Crippen molar-refractivity contribution in [2.75, 3.05) is 13.1 Å². The predicted molar refractivity (Wildman–Crippen MR) is 115 cm³/mol. The van der Waals surface area contributed by atoms with Crippen molar-refractivity contribution in [2.24, 2.45) is 0 Å². The molecule has 31 heavy (non-hydrogen) atoms. The van der Waals surface area contributed by atoms with Crippen LogP contribution in [0.4, 0.5) is 18.0 Å². The van der Waals surface area contributed by atoms with Crippen molar-refractivity contribution in [3.63, 3.8) is 0 Å². The maximum absolute atomic E-state index is 12.7. The van der Waals surface area contributed by atoms with Crippen molar-refractivity contribution in [2.45, 2.75) is 17.3 Å². The van der Waals surface area contributed by atoms with E-state index in [1.807, 2.05) is 31.2 Å². The van der Waals surface area contributed by atoms with E-state index in [4.69, 9.17) is 0 Å². The Balaban J connectivity index is 1.61. The molecule has 3 rings (SSSR count). The summed E-state index contributed by atoms with van der Waals surface area (Å²) >= 11 is 0.429. The van der Waals surface area contributed by atoms with Gasteiger partial charge in [0.05, 0.1) is 10.5 Å². The van der Waals surface area contributed by atoms with E-state index in [2.05, 4.69) is 5.32 Å². The summed E-state index contributed by atoms with van der Waals surface area (Å²) in [6.45, 7) is 1.77. The average molecular weight is 467 g/mol. The molecule has 0 unspecified atom stereocenters. The van der Waals surface area contributed by atoms with Crippen LogP contribution in [0, 0.1) is 6.92 Å². The van der Waals surface area contributed by atoms with Crippen LogP contribution in [0.2, 0.25) is 0 Å². The molecule has 0 bridgehead atoms. The minimum atomic E-state index is -4.53.